The van der Waals surface area contributed by atoms with Crippen molar-refractivity contribution in [3.05, 3.63) is 66.4 Å². The van der Waals surface area contributed by atoms with Crippen molar-refractivity contribution in [1.29, 1.82) is 0 Å². The molecule has 2 nitrogen and oxygen atoms in total. The molecule has 96 valence electrons. The van der Waals surface area contributed by atoms with E-state index in [-0.39, 0.29) is 0 Å². The summed E-state index contributed by atoms with van der Waals surface area (Å²) in [4.78, 5) is 4.30. The van der Waals surface area contributed by atoms with Crippen molar-refractivity contribution >= 4 is 22.1 Å². The molecule has 0 aliphatic rings. The second-order valence-electron chi connectivity index (χ2n) is 5.01. The minimum Gasteiger partial charge on any atom is -0.437 e. The summed E-state index contributed by atoms with van der Waals surface area (Å²) in [5.74, 6) is 0. The van der Waals surface area contributed by atoms with Gasteiger partial charge in [0.15, 0.2) is 0 Å². The Kier molecular flexibility index (Phi) is 2.36. The second kappa shape index (κ2) is 4.20. The zero-order valence-corrected chi connectivity index (χ0v) is 11.1. The van der Waals surface area contributed by atoms with Gasteiger partial charge in [0, 0.05) is 22.5 Å². The van der Waals surface area contributed by atoms with E-state index in [1.807, 2.05) is 12.1 Å². The van der Waals surface area contributed by atoms with Gasteiger partial charge in [-0.2, -0.15) is 0 Å². The summed E-state index contributed by atoms with van der Waals surface area (Å²) in [6.45, 7) is 2.09. The SMILES string of the molecule is Cc1ccc(-c2cccc3c2oc2ncccc23)cc1. The lowest BCUT2D eigenvalue weighted by molar-refractivity contribution is 0.655. The van der Waals surface area contributed by atoms with Crippen LogP contribution in [0, 0.1) is 6.92 Å². The average molecular weight is 259 g/mol. The van der Waals surface area contributed by atoms with Crippen LogP contribution < -0.4 is 0 Å². The molecule has 2 aromatic carbocycles. The summed E-state index contributed by atoms with van der Waals surface area (Å²) in [6, 6.07) is 18.7. The molecular weight excluding hydrogens is 246 g/mol. The number of hydrogen-bond donors (Lipinski definition) is 0. The van der Waals surface area contributed by atoms with Crippen LogP contribution in [0.1, 0.15) is 5.56 Å². The lowest BCUT2D eigenvalue weighted by Gasteiger charge is -2.03. The molecule has 4 rings (SSSR count). The Bertz CT molecular complexity index is 904. The molecule has 20 heavy (non-hydrogen) atoms. The molecule has 2 aromatic heterocycles. The molecule has 0 spiro atoms. The summed E-state index contributed by atoms with van der Waals surface area (Å²) in [5, 5.41) is 2.18. The molecule has 4 aromatic rings. The maximum atomic E-state index is 5.96. The van der Waals surface area contributed by atoms with Crippen LogP contribution in [0.15, 0.2) is 65.2 Å². The highest BCUT2D eigenvalue weighted by molar-refractivity contribution is 6.08. The molecule has 0 aliphatic carbocycles. The number of rotatable bonds is 1. The van der Waals surface area contributed by atoms with Crippen molar-refractivity contribution < 1.29 is 4.42 Å². The Balaban J connectivity index is 2.07. The van der Waals surface area contributed by atoms with E-state index in [4.69, 9.17) is 4.42 Å². The molecule has 0 aliphatic heterocycles. The number of pyridine rings is 1. The second-order valence-corrected chi connectivity index (χ2v) is 5.01. The van der Waals surface area contributed by atoms with Gasteiger partial charge in [-0.05, 0) is 24.6 Å². The van der Waals surface area contributed by atoms with Crippen LogP contribution in [-0.4, -0.2) is 4.98 Å². The number of aromatic nitrogens is 1. The molecule has 0 fully saturated rings. The lowest BCUT2D eigenvalue weighted by atomic mass is 10.0. The van der Waals surface area contributed by atoms with Crippen molar-refractivity contribution in [2.45, 2.75) is 6.92 Å². The molecule has 0 radical (unpaired) electrons. The van der Waals surface area contributed by atoms with Gasteiger partial charge >= 0.3 is 0 Å². The van der Waals surface area contributed by atoms with Gasteiger partial charge in [-0.3, -0.25) is 0 Å². The van der Waals surface area contributed by atoms with Crippen LogP contribution in [0.5, 0.6) is 0 Å². The van der Waals surface area contributed by atoms with E-state index >= 15 is 0 Å². The van der Waals surface area contributed by atoms with E-state index in [1.54, 1.807) is 6.20 Å². The van der Waals surface area contributed by atoms with E-state index in [0.717, 1.165) is 21.9 Å². The number of fused-ring (bicyclic) bond motifs is 3. The third-order valence-corrected chi connectivity index (χ3v) is 3.64. The van der Waals surface area contributed by atoms with E-state index in [1.165, 1.54) is 11.1 Å². The Morgan fingerprint density at radius 2 is 1.65 bits per heavy atom. The summed E-state index contributed by atoms with van der Waals surface area (Å²) >= 11 is 0. The van der Waals surface area contributed by atoms with Gasteiger partial charge < -0.3 is 4.42 Å². The van der Waals surface area contributed by atoms with Crippen LogP contribution in [0.4, 0.5) is 0 Å². The van der Waals surface area contributed by atoms with Crippen molar-refractivity contribution in [3.63, 3.8) is 0 Å². The zero-order chi connectivity index (χ0) is 13.5. The van der Waals surface area contributed by atoms with Crippen molar-refractivity contribution in [2.75, 3.05) is 0 Å². The predicted molar refractivity (Wildman–Crippen MR) is 81.7 cm³/mol. The van der Waals surface area contributed by atoms with E-state index in [2.05, 4.69) is 54.4 Å². The van der Waals surface area contributed by atoms with Gasteiger partial charge in [0.05, 0.1) is 0 Å². The highest BCUT2D eigenvalue weighted by Crippen LogP contribution is 2.34. The molecule has 2 heteroatoms. The third kappa shape index (κ3) is 1.62. The molecule has 0 N–H and O–H groups in total. The number of para-hydroxylation sites is 1. The fourth-order valence-corrected chi connectivity index (χ4v) is 2.59. The lowest BCUT2D eigenvalue weighted by Crippen LogP contribution is -1.79. The first-order valence-corrected chi connectivity index (χ1v) is 6.66. The van der Waals surface area contributed by atoms with Crippen molar-refractivity contribution in [3.8, 4) is 11.1 Å². The minimum atomic E-state index is 0.696. The summed E-state index contributed by atoms with van der Waals surface area (Å²) < 4.78 is 5.96. The summed E-state index contributed by atoms with van der Waals surface area (Å²) in [6.07, 6.45) is 1.76. The van der Waals surface area contributed by atoms with Crippen molar-refractivity contribution in [2.24, 2.45) is 0 Å². The number of benzene rings is 2. The quantitative estimate of drug-likeness (QED) is 0.483. The largest absolute Gasteiger partial charge is 0.437 e. The smallest absolute Gasteiger partial charge is 0.227 e. The molecule has 0 unspecified atom stereocenters. The van der Waals surface area contributed by atoms with E-state index in [0.29, 0.717) is 5.71 Å². The Morgan fingerprint density at radius 3 is 2.50 bits per heavy atom. The molecule has 0 amide bonds. The molecule has 0 bridgehead atoms. The fraction of sp³-hybridized carbons (Fsp3) is 0.0556. The molecule has 0 saturated heterocycles. The van der Waals surface area contributed by atoms with E-state index in [9.17, 15) is 0 Å². The Labute approximate surface area is 116 Å². The van der Waals surface area contributed by atoms with Crippen LogP contribution in [0.3, 0.4) is 0 Å². The number of aryl methyl sites for hydroxylation is 1. The number of furan rings is 1. The zero-order valence-electron chi connectivity index (χ0n) is 11.1. The Morgan fingerprint density at radius 1 is 0.850 bits per heavy atom. The van der Waals surface area contributed by atoms with Gasteiger partial charge in [-0.25, -0.2) is 4.98 Å². The minimum absolute atomic E-state index is 0.696. The first kappa shape index (κ1) is 11.2. The molecular formula is C18H13NO. The number of nitrogens with zero attached hydrogens (tertiary/aromatic N) is 1. The topological polar surface area (TPSA) is 26.0 Å². The monoisotopic (exact) mass is 259 g/mol. The molecule has 2 heterocycles. The van der Waals surface area contributed by atoms with Gasteiger partial charge in [-0.15, -0.1) is 0 Å². The van der Waals surface area contributed by atoms with Crippen LogP contribution in [0.25, 0.3) is 33.2 Å². The van der Waals surface area contributed by atoms with Gasteiger partial charge in [0.1, 0.15) is 5.58 Å². The first-order valence-electron chi connectivity index (χ1n) is 6.66. The molecule has 0 atom stereocenters. The van der Waals surface area contributed by atoms with Gasteiger partial charge in [0.2, 0.25) is 5.71 Å². The standard InChI is InChI=1S/C18H13NO/c1-12-7-9-13(10-8-12)14-4-2-5-15-16-6-3-11-19-18(16)20-17(14)15/h2-11H,1H3. The van der Waals surface area contributed by atoms with Crippen LogP contribution in [0.2, 0.25) is 0 Å². The maximum absolute atomic E-state index is 5.96. The maximum Gasteiger partial charge on any atom is 0.227 e. The highest BCUT2D eigenvalue weighted by Gasteiger charge is 2.11. The first-order chi connectivity index (χ1) is 9.83. The molecule has 0 saturated carbocycles. The fourth-order valence-electron chi connectivity index (χ4n) is 2.59. The normalized spacial score (nSPS) is 11.2. The van der Waals surface area contributed by atoms with Crippen LogP contribution >= 0.6 is 0 Å². The van der Waals surface area contributed by atoms with E-state index < -0.39 is 0 Å². The Hall–Kier alpha value is -2.61. The summed E-state index contributed by atoms with van der Waals surface area (Å²) in [5.41, 5.74) is 5.14. The summed E-state index contributed by atoms with van der Waals surface area (Å²) in [7, 11) is 0. The highest BCUT2D eigenvalue weighted by atomic mass is 16.3. The van der Waals surface area contributed by atoms with Gasteiger partial charge in [-0.1, -0.05) is 48.0 Å². The number of hydrogen-bond acceptors (Lipinski definition) is 2. The van der Waals surface area contributed by atoms with Gasteiger partial charge in [0.25, 0.3) is 0 Å². The third-order valence-electron chi connectivity index (χ3n) is 3.64. The predicted octanol–water partition coefficient (Wildman–Crippen LogP) is 4.96. The van der Waals surface area contributed by atoms with Crippen LogP contribution in [-0.2, 0) is 0 Å². The van der Waals surface area contributed by atoms with Crippen molar-refractivity contribution in [1.82, 2.24) is 4.98 Å². The average Bonchev–Trinajstić information content (AvgIpc) is 2.87.